The van der Waals surface area contributed by atoms with Crippen molar-refractivity contribution < 1.29 is 9.00 Å². The molecule has 70 valence electrons. The van der Waals surface area contributed by atoms with Gasteiger partial charge < -0.3 is 11.5 Å². The maximum absolute atomic E-state index is 11.4. The fourth-order valence-corrected chi connectivity index (χ4v) is 1.87. The molecule has 1 aromatic carbocycles. The van der Waals surface area contributed by atoms with Crippen LogP contribution in [0.1, 0.15) is 0 Å². The number of carbonyl (C=O) groups is 1. The molecule has 0 aliphatic rings. The zero-order chi connectivity index (χ0) is 9.84. The molecule has 0 aliphatic carbocycles. The minimum Gasteiger partial charge on any atom is -0.398 e. The van der Waals surface area contributed by atoms with Crippen molar-refractivity contribution in [3.05, 3.63) is 24.3 Å². The van der Waals surface area contributed by atoms with E-state index in [9.17, 15) is 9.00 Å². The van der Waals surface area contributed by atoms with Gasteiger partial charge in [-0.1, -0.05) is 12.1 Å². The first-order chi connectivity index (χ1) is 6.11. The molecule has 0 aromatic heterocycles. The standard InChI is InChI=1S/C8H10N2O2S/c9-6-3-1-2-4-7(6)13(12)5-8(10)11/h1-4H,5,9H2,(H2,10,11). The Labute approximate surface area is 78.4 Å². The summed E-state index contributed by atoms with van der Waals surface area (Å²) in [6.45, 7) is 0. The lowest BCUT2D eigenvalue weighted by atomic mass is 10.3. The van der Waals surface area contributed by atoms with E-state index in [0.717, 1.165) is 0 Å². The van der Waals surface area contributed by atoms with Crippen LogP contribution in [0.25, 0.3) is 0 Å². The summed E-state index contributed by atoms with van der Waals surface area (Å²) in [5.74, 6) is -0.782. The lowest BCUT2D eigenvalue weighted by Crippen LogP contribution is -2.19. The molecule has 1 rings (SSSR count). The van der Waals surface area contributed by atoms with Gasteiger partial charge in [-0.05, 0) is 12.1 Å². The van der Waals surface area contributed by atoms with Crippen molar-refractivity contribution in [2.45, 2.75) is 4.90 Å². The summed E-state index contributed by atoms with van der Waals surface area (Å²) < 4.78 is 11.4. The van der Waals surface area contributed by atoms with Crippen molar-refractivity contribution in [2.75, 3.05) is 11.5 Å². The van der Waals surface area contributed by atoms with E-state index in [1.165, 1.54) is 0 Å². The second-order valence-corrected chi connectivity index (χ2v) is 3.91. The molecule has 1 unspecified atom stereocenters. The normalized spacial score (nSPS) is 12.3. The Bertz CT molecular complexity index is 352. The lowest BCUT2D eigenvalue weighted by molar-refractivity contribution is -0.115. The van der Waals surface area contributed by atoms with Gasteiger partial charge in [-0.25, -0.2) is 0 Å². The molecule has 1 amide bonds. The van der Waals surface area contributed by atoms with Crippen LogP contribution in [0, 0.1) is 0 Å². The smallest absolute Gasteiger partial charge is 0.230 e. The van der Waals surface area contributed by atoms with Gasteiger partial charge in [-0.3, -0.25) is 9.00 Å². The average Bonchev–Trinajstić information content (AvgIpc) is 2.03. The molecule has 0 bridgehead atoms. The molecule has 1 atom stereocenters. The summed E-state index contributed by atoms with van der Waals surface area (Å²) in [5.41, 5.74) is 10.9. The Morgan fingerprint density at radius 2 is 2.00 bits per heavy atom. The van der Waals surface area contributed by atoms with Gasteiger partial charge in [0.25, 0.3) is 0 Å². The summed E-state index contributed by atoms with van der Waals surface area (Å²) >= 11 is 0. The highest BCUT2D eigenvalue weighted by atomic mass is 32.2. The SMILES string of the molecule is NC(=O)CS(=O)c1ccccc1N. The summed E-state index contributed by atoms with van der Waals surface area (Å²) in [6.07, 6.45) is 0. The van der Waals surface area contributed by atoms with Gasteiger partial charge >= 0.3 is 0 Å². The summed E-state index contributed by atoms with van der Waals surface area (Å²) in [5, 5.41) is 0. The van der Waals surface area contributed by atoms with Gasteiger partial charge in [0.2, 0.25) is 5.91 Å². The van der Waals surface area contributed by atoms with E-state index >= 15 is 0 Å². The maximum Gasteiger partial charge on any atom is 0.230 e. The zero-order valence-electron chi connectivity index (χ0n) is 6.90. The molecule has 0 heterocycles. The van der Waals surface area contributed by atoms with Crippen LogP contribution in [0.2, 0.25) is 0 Å². The summed E-state index contributed by atoms with van der Waals surface area (Å²) in [6, 6.07) is 6.70. The molecule has 0 spiro atoms. The van der Waals surface area contributed by atoms with Crippen molar-refractivity contribution in [2.24, 2.45) is 5.73 Å². The number of rotatable bonds is 3. The number of benzene rings is 1. The van der Waals surface area contributed by atoms with Crippen LogP contribution in [-0.2, 0) is 15.6 Å². The fraction of sp³-hybridized carbons (Fsp3) is 0.125. The van der Waals surface area contributed by atoms with Gasteiger partial charge in [0.05, 0.1) is 15.7 Å². The first kappa shape index (κ1) is 9.73. The first-order valence-corrected chi connectivity index (χ1v) is 4.94. The number of primary amides is 1. The Kier molecular flexibility index (Phi) is 3.02. The van der Waals surface area contributed by atoms with Gasteiger partial charge in [0.1, 0.15) is 5.75 Å². The third-order valence-corrected chi connectivity index (χ3v) is 2.85. The fourth-order valence-electron chi connectivity index (χ4n) is 0.895. The summed E-state index contributed by atoms with van der Waals surface area (Å²) in [4.78, 5) is 10.9. The molecule has 0 fully saturated rings. The third kappa shape index (κ3) is 2.55. The van der Waals surface area contributed by atoms with E-state index in [-0.39, 0.29) is 5.75 Å². The number of hydrogen-bond donors (Lipinski definition) is 2. The number of anilines is 1. The first-order valence-electron chi connectivity index (χ1n) is 3.62. The van der Waals surface area contributed by atoms with E-state index < -0.39 is 16.7 Å². The van der Waals surface area contributed by atoms with Gasteiger partial charge in [0, 0.05) is 5.69 Å². The van der Waals surface area contributed by atoms with E-state index in [0.29, 0.717) is 10.6 Å². The van der Waals surface area contributed by atoms with Crippen molar-refractivity contribution in [1.29, 1.82) is 0 Å². The number of para-hydroxylation sites is 1. The Hall–Kier alpha value is -1.36. The predicted molar refractivity (Wildman–Crippen MR) is 51.3 cm³/mol. The Balaban J connectivity index is 2.89. The van der Waals surface area contributed by atoms with E-state index in [4.69, 9.17) is 11.5 Å². The van der Waals surface area contributed by atoms with E-state index in [1.807, 2.05) is 0 Å². The Morgan fingerprint density at radius 3 is 2.54 bits per heavy atom. The molecular formula is C8H10N2O2S. The van der Waals surface area contributed by atoms with Crippen LogP contribution in [0.4, 0.5) is 5.69 Å². The van der Waals surface area contributed by atoms with Crippen LogP contribution in [-0.4, -0.2) is 15.9 Å². The minimum atomic E-state index is -1.42. The second-order valence-electron chi connectivity index (χ2n) is 2.49. The minimum absolute atomic E-state index is 0.186. The number of nitrogens with two attached hydrogens (primary N) is 2. The highest BCUT2D eigenvalue weighted by Crippen LogP contribution is 2.14. The van der Waals surface area contributed by atoms with Crippen molar-refractivity contribution in [3.8, 4) is 0 Å². The molecular weight excluding hydrogens is 188 g/mol. The lowest BCUT2D eigenvalue weighted by Gasteiger charge is -2.02. The molecule has 13 heavy (non-hydrogen) atoms. The second kappa shape index (κ2) is 4.04. The summed E-state index contributed by atoms with van der Waals surface area (Å²) in [7, 11) is -1.42. The molecule has 5 heteroatoms. The van der Waals surface area contributed by atoms with E-state index in [1.54, 1.807) is 24.3 Å². The van der Waals surface area contributed by atoms with Gasteiger partial charge in [0.15, 0.2) is 0 Å². The highest BCUT2D eigenvalue weighted by molar-refractivity contribution is 7.86. The molecule has 0 aliphatic heterocycles. The monoisotopic (exact) mass is 198 g/mol. The van der Waals surface area contributed by atoms with Crippen molar-refractivity contribution >= 4 is 22.4 Å². The van der Waals surface area contributed by atoms with Crippen molar-refractivity contribution in [1.82, 2.24) is 0 Å². The largest absolute Gasteiger partial charge is 0.398 e. The zero-order valence-corrected chi connectivity index (χ0v) is 7.71. The van der Waals surface area contributed by atoms with Crippen LogP contribution in [0.3, 0.4) is 0 Å². The van der Waals surface area contributed by atoms with Gasteiger partial charge in [-0.2, -0.15) is 0 Å². The molecule has 4 nitrogen and oxygen atoms in total. The number of nitrogen functional groups attached to an aromatic ring is 1. The van der Waals surface area contributed by atoms with E-state index in [2.05, 4.69) is 0 Å². The van der Waals surface area contributed by atoms with Crippen LogP contribution in [0.15, 0.2) is 29.2 Å². The van der Waals surface area contributed by atoms with Crippen LogP contribution in [0.5, 0.6) is 0 Å². The number of carbonyl (C=O) groups excluding carboxylic acids is 1. The highest BCUT2D eigenvalue weighted by Gasteiger charge is 2.09. The molecule has 0 saturated heterocycles. The molecule has 1 aromatic rings. The molecule has 4 N–H and O–H groups in total. The maximum atomic E-state index is 11.4. The molecule has 0 radical (unpaired) electrons. The number of amides is 1. The van der Waals surface area contributed by atoms with Crippen LogP contribution >= 0.6 is 0 Å². The average molecular weight is 198 g/mol. The predicted octanol–water partition coefficient (Wildman–Crippen LogP) is -0.138. The molecule has 0 saturated carbocycles. The Morgan fingerprint density at radius 1 is 1.38 bits per heavy atom. The third-order valence-electron chi connectivity index (χ3n) is 1.44. The van der Waals surface area contributed by atoms with Gasteiger partial charge in [-0.15, -0.1) is 0 Å². The topological polar surface area (TPSA) is 86.2 Å². The van der Waals surface area contributed by atoms with Crippen molar-refractivity contribution in [3.63, 3.8) is 0 Å². The number of hydrogen-bond acceptors (Lipinski definition) is 3. The quantitative estimate of drug-likeness (QED) is 0.663. The van der Waals surface area contributed by atoms with Crippen LogP contribution < -0.4 is 11.5 Å².